The summed E-state index contributed by atoms with van der Waals surface area (Å²) in [5.74, 6) is -0.263. The van der Waals surface area contributed by atoms with E-state index in [1.807, 2.05) is 0 Å². The van der Waals surface area contributed by atoms with Gasteiger partial charge in [0.2, 0.25) is 0 Å². The zero-order chi connectivity index (χ0) is 8.43. The third kappa shape index (κ3) is 1.38. The lowest BCUT2D eigenvalue weighted by Crippen LogP contribution is -2.15. The first kappa shape index (κ1) is 7.74. The summed E-state index contributed by atoms with van der Waals surface area (Å²) in [4.78, 5) is 26.3. The molecule has 1 rings (SSSR count). The first-order valence-corrected chi connectivity index (χ1v) is 3.17. The van der Waals surface area contributed by atoms with Crippen LogP contribution in [0.4, 0.5) is 0 Å². The molecule has 0 fully saturated rings. The van der Waals surface area contributed by atoms with Crippen molar-refractivity contribution in [1.29, 1.82) is 0 Å². The van der Waals surface area contributed by atoms with Crippen LogP contribution in [0, 0.1) is 6.92 Å². The van der Waals surface area contributed by atoms with Crippen molar-refractivity contribution in [2.75, 3.05) is 6.54 Å². The van der Waals surface area contributed by atoms with Crippen molar-refractivity contribution in [3.05, 3.63) is 21.9 Å². The van der Waals surface area contributed by atoms with Gasteiger partial charge in [0.1, 0.15) is 5.69 Å². The van der Waals surface area contributed by atoms with Crippen LogP contribution in [0.25, 0.3) is 0 Å². The Morgan fingerprint density at radius 3 is 2.55 bits per heavy atom. The molecule has 0 aromatic carbocycles. The van der Waals surface area contributed by atoms with Gasteiger partial charge in [0.05, 0.1) is 6.54 Å². The van der Waals surface area contributed by atoms with Crippen LogP contribution in [0.15, 0.2) is 4.79 Å². The summed E-state index contributed by atoms with van der Waals surface area (Å²) in [5, 5.41) is 0. The second-order valence-electron chi connectivity index (χ2n) is 2.21. The van der Waals surface area contributed by atoms with E-state index in [4.69, 9.17) is 5.73 Å². The Balaban J connectivity index is 3.13. The van der Waals surface area contributed by atoms with Crippen molar-refractivity contribution < 1.29 is 4.79 Å². The lowest BCUT2D eigenvalue weighted by Gasteiger charge is -1.91. The number of rotatable bonds is 2. The Labute approximate surface area is 62.6 Å². The average Bonchev–Trinajstić information content (AvgIpc) is 2.28. The van der Waals surface area contributed by atoms with Gasteiger partial charge in [0.25, 0.3) is 0 Å². The summed E-state index contributed by atoms with van der Waals surface area (Å²) in [5.41, 5.74) is 5.53. The number of hydrogen-bond acceptors (Lipinski definition) is 3. The molecule has 0 aliphatic rings. The summed E-state index contributed by atoms with van der Waals surface area (Å²) in [6, 6.07) is 0. The molecule has 0 saturated carbocycles. The first-order valence-electron chi connectivity index (χ1n) is 3.17. The van der Waals surface area contributed by atoms with Gasteiger partial charge in [0.15, 0.2) is 5.78 Å². The number of ketones is 1. The molecule has 0 aliphatic heterocycles. The molecular formula is C6H9N3O2. The number of aryl methyl sites for hydroxylation is 1. The molecule has 0 bridgehead atoms. The van der Waals surface area contributed by atoms with Gasteiger partial charge in [-0.05, 0) is 6.92 Å². The zero-order valence-corrected chi connectivity index (χ0v) is 6.10. The third-order valence-corrected chi connectivity index (χ3v) is 1.38. The standard InChI is InChI=1S/C6H9N3O2/c1-3-5(4(10)2-7)9-6(11)8-3/h2,7H2,1H3,(H2,8,9,11). The molecule has 1 aromatic heterocycles. The molecule has 0 unspecified atom stereocenters. The van der Waals surface area contributed by atoms with E-state index in [-0.39, 0.29) is 23.7 Å². The van der Waals surface area contributed by atoms with Crippen LogP contribution in [0.5, 0.6) is 0 Å². The molecular weight excluding hydrogens is 146 g/mol. The molecule has 0 saturated heterocycles. The maximum absolute atomic E-state index is 10.9. The maximum Gasteiger partial charge on any atom is 0.323 e. The highest BCUT2D eigenvalue weighted by Crippen LogP contribution is 1.96. The number of carbonyl (C=O) groups is 1. The number of hydrogen-bond donors (Lipinski definition) is 3. The summed E-state index contributed by atoms with van der Waals surface area (Å²) in [6.45, 7) is 1.55. The van der Waals surface area contributed by atoms with E-state index >= 15 is 0 Å². The van der Waals surface area contributed by atoms with Gasteiger partial charge < -0.3 is 15.7 Å². The number of nitrogens with one attached hydrogen (secondary N) is 2. The van der Waals surface area contributed by atoms with E-state index in [2.05, 4.69) is 9.97 Å². The summed E-state index contributed by atoms with van der Waals surface area (Å²) >= 11 is 0. The molecule has 5 nitrogen and oxygen atoms in total. The van der Waals surface area contributed by atoms with Crippen LogP contribution in [-0.4, -0.2) is 22.3 Å². The second kappa shape index (κ2) is 2.71. The van der Waals surface area contributed by atoms with Gasteiger partial charge in [-0.1, -0.05) is 0 Å². The van der Waals surface area contributed by atoms with Crippen molar-refractivity contribution in [2.24, 2.45) is 5.73 Å². The normalized spacial score (nSPS) is 10.0. The lowest BCUT2D eigenvalue weighted by molar-refractivity contribution is 0.0996. The monoisotopic (exact) mass is 155 g/mol. The minimum atomic E-state index is -0.376. The van der Waals surface area contributed by atoms with Gasteiger partial charge in [-0.25, -0.2) is 4.79 Å². The Hall–Kier alpha value is -1.36. The molecule has 1 aromatic rings. The highest BCUT2D eigenvalue weighted by Gasteiger charge is 2.09. The molecule has 0 amide bonds. The Kier molecular flexibility index (Phi) is 1.91. The summed E-state index contributed by atoms with van der Waals surface area (Å²) in [6.07, 6.45) is 0. The quantitative estimate of drug-likeness (QED) is 0.486. The maximum atomic E-state index is 10.9. The molecule has 60 valence electrons. The number of aromatic nitrogens is 2. The molecule has 0 radical (unpaired) electrons. The highest BCUT2D eigenvalue weighted by atomic mass is 16.1. The minimum absolute atomic E-state index is 0.0887. The number of H-pyrrole nitrogens is 2. The van der Waals surface area contributed by atoms with E-state index in [1.165, 1.54) is 0 Å². The van der Waals surface area contributed by atoms with Crippen molar-refractivity contribution in [3.8, 4) is 0 Å². The number of imidazole rings is 1. The first-order chi connectivity index (χ1) is 5.15. The third-order valence-electron chi connectivity index (χ3n) is 1.38. The van der Waals surface area contributed by atoms with Crippen LogP contribution < -0.4 is 11.4 Å². The smallest absolute Gasteiger partial charge is 0.323 e. The second-order valence-corrected chi connectivity index (χ2v) is 2.21. The Morgan fingerprint density at radius 1 is 1.55 bits per heavy atom. The Morgan fingerprint density at radius 2 is 2.18 bits per heavy atom. The SMILES string of the molecule is Cc1[nH]c(=O)[nH]c1C(=O)CN. The van der Waals surface area contributed by atoms with Crippen molar-refractivity contribution in [2.45, 2.75) is 6.92 Å². The molecule has 5 heteroatoms. The summed E-state index contributed by atoms with van der Waals surface area (Å²) in [7, 11) is 0. The number of aromatic amines is 2. The van der Waals surface area contributed by atoms with Crippen LogP contribution in [0.2, 0.25) is 0 Å². The predicted octanol–water partition coefficient (Wildman–Crippen LogP) is -0.847. The van der Waals surface area contributed by atoms with E-state index in [1.54, 1.807) is 6.92 Å². The van der Waals surface area contributed by atoms with E-state index < -0.39 is 0 Å². The van der Waals surface area contributed by atoms with E-state index in [0.717, 1.165) is 0 Å². The Bertz CT molecular complexity index is 323. The molecule has 0 aliphatic carbocycles. The van der Waals surface area contributed by atoms with Gasteiger partial charge in [-0.2, -0.15) is 0 Å². The van der Waals surface area contributed by atoms with Gasteiger partial charge >= 0.3 is 5.69 Å². The van der Waals surface area contributed by atoms with Crippen molar-refractivity contribution >= 4 is 5.78 Å². The molecule has 0 spiro atoms. The fraction of sp³-hybridized carbons (Fsp3) is 0.333. The summed E-state index contributed by atoms with van der Waals surface area (Å²) < 4.78 is 0. The van der Waals surface area contributed by atoms with Crippen LogP contribution in [-0.2, 0) is 0 Å². The zero-order valence-electron chi connectivity index (χ0n) is 6.10. The van der Waals surface area contributed by atoms with Crippen molar-refractivity contribution in [1.82, 2.24) is 9.97 Å². The molecule has 1 heterocycles. The van der Waals surface area contributed by atoms with Crippen LogP contribution in [0.3, 0.4) is 0 Å². The van der Waals surface area contributed by atoms with Crippen molar-refractivity contribution in [3.63, 3.8) is 0 Å². The number of carbonyl (C=O) groups excluding carboxylic acids is 1. The largest absolute Gasteiger partial charge is 0.324 e. The minimum Gasteiger partial charge on any atom is -0.324 e. The lowest BCUT2D eigenvalue weighted by atomic mass is 10.2. The molecule has 4 N–H and O–H groups in total. The topological polar surface area (TPSA) is 91.7 Å². The predicted molar refractivity (Wildman–Crippen MR) is 39.5 cm³/mol. The molecule has 11 heavy (non-hydrogen) atoms. The fourth-order valence-corrected chi connectivity index (χ4v) is 0.852. The fourth-order valence-electron chi connectivity index (χ4n) is 0.852. The average molecular weight is 155 g/mol. The van der Waals surface area contributed by atoms with Gasteiger partial charge in [-0.15, -0.1) is 0 Å². The van der Waals surface area contributed by atoms with Crippen LogP contribution >= 0.6 is 0 Å². The van der Waals surface area contributed by atoms with E-state index in [9.17, 15) is 9.59 Å². The molecule has 0 atom stereocenters. The highest BCUT2D eigenvalue weighted by molar-refractivity contribution is 5.96. The number of Topliss-reactive ketones (excluding diaryl/α,β-unsaturated/α-hetero) is 1. The van der Waals surface area contributed by atoms with Crippen LogP contribution in [0.1, 0.15) is 16.2 Å². The van der Waals surface area contributed by atoms with Gasteiger partial charge in [0, 0.05) is 5.69 Å². The van der Waals surface area contributed by atoms with Gasteiger partial charge in [-0.3, -0.25) is 4.79 Å². The number of nitrogens with two attached hydrogens (primary N) is 1. The van der Waals surface area contributed by atoms with E-state index in [0.29, 0.717) is 5.69 Å².